The average molecular weight is 387 g/mol. The quantitative estimate of drug-likeness (QED) is 0.747. The van der Waals surface area contributed by atoms with Crippen molar-refractivity contribution in [2.45, 2.75) is 25.3 Å². The third kappa shape index (κ3) is 4.45. The smallest absolute Gasteiger partial charge is 0.246 e. The van der Waals surface area contributed by atoms with Gasteiger partial charge in [-0.2, -0.15) is 5.10 Å². The van der Waals surface area contributed by atoms with Gasteiger partial charge in [-0.15, -0.1) is 0 Å². The molecule has 0 N–H and O–H groups in total. The zero-order valence-electron chi connectivity index (χ0n) is 16.4. The van der Waals surface area contributed by atoms with Crippen LogP contribution in [0.1, 0.15) is 36.4 Å². The molecule has 2 aromatic carbocycles. The molecule has 148 valence electrons. The van der Waals surface area contributed by atoms with Gasteiger partial charge in [0.1, 0.15) is 0 Å². The maximum atomic E-state index is 13.1. The predicted octanol–water partition coefficient (Wildman–Crippen LogP) is 3.90. The van der Waals surface area contributed by atoms with Crippen LogP contribution >= 0.6 is 0 Å². The number of benzene rings is 2. The molecule has 2 aliphatic rings. The van der Waals surface area contributed by atoms with Crippen molar-refractivity contribution in [1.29, 1.82) is 0 Å². The van der Waals surface area contributed by atoms with Crippen LogP contribution in [0.3, 0.4) is 0 Å². The molecule has 2 amide bonds. The van der Waals surface area contributed by atoms with E-state index in [9.17, 15) is 9.59 Å². The summed E-state index contributed by atoms with van der Waals surface area (Å²) in [4.78, 5) is 27.4. The van der Waals surface area contributed by atoms with E-state index in [2.05, 4.69) is 5.10 Å². The number of likely N-dealkylation sites (tertiary alicyclic amines) is 1. The fraction of sp³-hybridized carbons (Fsp3) is 0.292. The molecule has 0 spiro atoms. The molecule has 2 aromatic rings. The lowest BCUT2D eigenvalue weighted by Crippen LogP contribution is -2.42. The average Bonchev–Trinajstić information content (AvgIpc) is 3.28. The minimum Gasteiger partial charge on any atom is -0.339 e. The summed E-state index contributed by atoms with van der Waals surface area (Å²) in [5, 5.41) is 6.00. The summed E-state index contributed by atoms with van der Waals surface area (Å²) < 4.78 is 0. The minimum atomic E-state index is -0.0846. The van der Waals surface area contributed by atoms with Crippen LogP contribution in [0, 0.1) is 5.92 Å². The van der Waals surface area contributed by atoms with E-state index >= 15 is 0 Å². The van der Waals surface area contributed by atoms with Crippen molar-refractivity contribution in [2.24, 2.45) is 11.0 Å². The highest BCUT2D eigenvalue weighted by Crippen LogP contribution is 2.31. The van der Waals surface area contributed by atoms with Gasteiger partial charge in [0.15, 0.2) is 0 Å². The molecule has 0 radical (unpaired) electrons. The number of piperidine rings is 1. The van der Waals surface area contributed by atoms with Gasteiger partial charge < -0.3 is 4.90 Å². The number of amides is 2. The summed E-state index contributed by atoms with van der Waals surface area (Å²) in [6.45, 7) is 1.20. The van der Waals surface area contributed by atoms with Crippen molar-refractivity contribution in [1.82, 2.24) is 9.91 Å². The summed E-state index contributed by atoms with van der Waals surface area (Å²) in [6.07, 6.45) is 7.38. The van der Waals surface area contributed by atoms with Gasteiger partial charge >= 0.3 is 0 Å². The fourth-order valence-electron chi connectivity index (χ4n) is 3.95. The van der Waals surface area contributed by atoms with Crippen LogP contribution in [0.2, 0.25) is 0 Å². The summed E-state index contributed by atoms with van der Waals surface area (Å²) in [7, 11) is 0. The van der Waals surface area contributed by atoms with Gasteiger partial charge in [-0.1, -0.05) is 60.7 Å². The molecule has 4 rings (SSSR count). The number of hydrogen-bond donors (Lipinski definition) is 0. The van der Waals surface area contributed by atoms with Gasteiger partial charge in [0.25, 0.3) is 0 Å². The van der Waals surface area contributed by atoms with E-state index in [1.54, 1.807) is 11.1 Å². The molecule has 5 nitrogen and oxygen atoms in total. The molecular formula is C24H25N3O2. The van der Waals surface area contributed by atoms with Crippen molar-refractivity contribution >= 4 is 24.1 Å². The van der Waals surface area contributed by atoms with E-state index in [1.807, 2.05) is 77.9 Å². The normalized spacial score (nSPS) is 19.8. The van der Waals surface area contributed by atoms with Crippen molar-refractivity contribution in [3.8, 4) is 0 Å². The number of carbonyl (C=O) groups is 2. The van der Waals surface area contributed by atoms with E-state index in [1.165, 1.54) is 0 Å². The molecule has 1 unspecified atom stereocenters. The molecule has 1 saturated heterocycles. The Morgan fingerprint density at radius 3 is 2.28 bits per heavy atom. The van der Waals surface area contributed by atoms with Crippen LogP contribution < -0.4 is 0 Å². The van der Waals surface area contributed by atoms with Gasteiger partial charge in [-0.05, 0) is 30.0 Å². The Morgan fingerprint density at radius 1 is 0.931 bits per heavy atom. The van der Waals surface area contributed by atoms with E-state index in [-0.39, 0.29) is 23.8 Å². The van der Waals surface area contributed by atoms with Gasteiger partial charge in [0, 0.05) is 37.7 Å². The Morgan fingerprint density at radius 2 is 1.59 bits per heavy atom. The number of rotatable bonds is 4. The molecule has 5 heteroatoms. The maximum Gasteiger partial charge on any atom is 0.246 e. The Labute approximate surface area is 171 Å². The number of nitrogens with zero attached hydrogens (tertiary/aromatic N) is 3. The van der Waals surface area contributed by atoms with Crippen LogP contribution in [0.4, 0.5) is 0 Å². The topological polar surface area (TPSA) is 53.0 Å². The highest BCUT2D eigenvalue weighted by molar-refractivity contribution is 5.92. The van der Waals surface area contributed by atoms with Crippen LogP contribution in [-0.4, -0.2) is 41.0 Å². The van der Waals surface area contributed by atoms with Crippen molar-refractivity contribution in [3.05, 3.63) is 77.9 Å². The Kier molecular flexibility index (Phi) is 5.84. The molecule has 1 fully saturated rings. The van der Waals surface area contributed by atoms with E-state index in [4.69, 9.17) is 0 Å². The van der Waals surface area contributed by atoms with Gasteiger partial charge in [-0.3, -0.25) is 9.59 Å². The Hall–Kier alpha value is -3.21. The molecule has 0 bridgehead atoms. The van der Waals surface area contributed by atoms with Crippen LogP contribution in [0.15, 0.2) is 71.8 Å². The van der Waals surface area contributed by atoms with Gasteiger partial charge in [-0.25, -0.2) is 5.01 Å². The molecule has 2 aliphatic heterocycles. The summed E-state index contributed by atoms with van der Waals surface area (Å²) in [5.74, 6) is -0.0146. The third-order valence-corrected chi connectivity index (χ3v) is 5.61. The lowest BCUT2D eigenvalue weighted by Gasteiger charge is -2.33. The zero-order chi connectivity index (χ0) is 20.1. The first-order valence-electron chi connectivity index (χ1n) is 10.1. The van der Waals surface area contributed by atoms with Crippen molar-refractivity contribution < 1.29 is 9.59 Å². The summed E-state index contributed by atoms with van der Waals surface area (Å²) >= 11 is 0. The molecule has 1 atom stereocenters. The lowest BCUT2D eigenvalue weighted by molar-refractivity contribution is -0.141. The van der Waals surface area contributed by atoms with Crippen molar-refractivity contribution in [2.75, 3.05) is 13.1 Å². The monoisotopic (exact) mass is 387 g/mol. The Bertz CT molecular complexity index is 900. The highest BCUT2D eigenvalue weighted by Gasteiger charge is 2.35. The van der Waals surface area contributed by atoms with E-state index in [0.717, 1.165) is 17.5 Å². The van der Waals surface area contributed by atoms with Crippen LogP contribution in [-0.2, 0) is 9.59 Å². The first-order chi connectivity index (χ1) is 14.2. The van der Waals surface area contributed by atoms with E-state index in [0.29, 0.717) is 25.9 Å². The van der Waals surface area contributed by atoms with Crippen LogP contribution in [0.5, 0.6) is 0 Å². The Balaban J connectivity index is 1.33. The molecule has 2 heterocycles. The minimum absolute atomic E-state index is 0.00103. The number of carbonyl (C=O) groups excluding carboxylic acids is 2. The van der Waals surface area contributed by atoms with Gasteiger partial charge in [0.05, 0.1) is 6.04 Å². The third-order valence-electron chi connectivity index (χ3n) is 5.61. The second-order valence-corrected chi connectivity index (χ2v) is 7.49. The molecule has 0 aromatic heterocycles. The number of hydrazone groups is 1. The van der Waals surface area contributed by atoms with Crippen LogP contribution in [0.25, 0.3) is 6.08 Å². The molecule has 29 heavy (non-hydrogen) atoms. The summed E-state index contributed by atoms with van der Waals surface area (Å²) in [6, 6.07) is 19.8. The highest BCUT2D eigenvalue weighted by atomic mass is 16.2. The standard InChI is InChI=1S/C24H25N3O2/c28-23(12-11-19-7-3-1-4-8-19)26-17-14-21(15-18-26)24(29)27-22(13-16-25-27)20-9-5-2-6-10-20/h1-12,16,21-22H,13-15,17-18H2. The molecule has 0 saturated carbocycles. The van der Waals surface area contributed by atoms with Crippen molar-refractivity contribution in [3.63, 3.8) is 0 Å². The fourth-order valence-corrected chi connectivity index (χ4v) is 3.95. The maximum absolute atomic E-state index is 13.1. The predicted molar refractivity (Wildman–Crippen MR) is 114 cm³/mol. The largest absolute Gasteiger partial charge is 0.339 e. The second-order valence-electron chi connectivity index (χ2n) is 7.49. The van der Waals surface area contributed by atoms with Gasteiger partial charge in [0.2, 0.25) is 11.8 Å². The number of hydrogen-bond acceptors (Lipinski definition) is 3. The molecule has 0 aliphatic carbocycles. The summed E-state index contributed by atoms with van der Waals surface area (Å²) in [5.41, 5.74) is 2.11. The first kappa shape index (κ1) is 19.1. The zero-order valence-corrected chi connectivity index (χ0v) is 16.4. The van der Waals surface area contributed by atoms with E-state index < -0.39 is 0 Å². The lowest BCUT2D eigenvalue weighted by atomic mass is 9.94. The molecular weight excluding hydrogens is 362 g/mol. The second kappa shape index (κ2) is 8.86. The SMILES string of the molecule is O=C(C=Cc1ccccc1)N1CCC(C(=O)N2N=CCC2c2ccccc2)CC1. The first-order valence-corrected chi connectivity index (χ1v) is 10.1.